The van der Waals surface area contributed by atoms with E-state index in [9.17, 15) is 0 Å². The number of nitrogens with zero attached hydrogens (tertiary/aromatic N) is 6. The molecule has 0 radical (unpaired) electrons. The molecule has 2 aliphatic rings. The van der Waals surface area contributed by atoms with Crippen molar-refractivity contribution < 1.29 is 9.68 Å². The Balaban J connectivity index is 0.00000392. The second-order valence-corrected chi connectivity index (χ2v) is 7.96. The summed E-state index contributed by atoms with van der Waals surface area (Å²) in [6, 6.07) is 0. The van der Waals surface area contributed by atoms with Crippen molar-refractivity contribution >= 4 is 52.6 Å². The highest BCUT2D eigenvalue weighted by atomic mass is 79.9. The fourth-order valence-electron chi connectivity index (χ4n) is 2.51. The molecule has 0 unspecified atom stereocenters. The summed E-state index contributed by atoms with van der Waals surface area (Å²) in [6.07, 6.45) is 0. The van der Waals surface area contributed by atoms with Gasteiger partial charge in [-0.2, -0.15) is 31.9 Å². The fraction of sp³-hybridized carbons (Fsp3) is 0.714. The first-order valence-corrected chi connectivity index (χ1v) is 9.51. The van der Waals surface area contributed by atoms with Gasteiger partial charge in [0.1, 0.15) is 0 Å². The molecule has 0 fully saturated rings. The molecule has 2 aliphatic heterocycles. The van der Waals surface area contributed by atoms with Crippen LogP contribution in [-0.2, 0) is 9.68 Å². The zero-order valence-corrected chi connectivity index (χ0v) is 19.0. The van der Waals surface area contributed by atoms with Crippen molar-refractivity contribution in [3.63, 3.8) is 0 Å². The number of hydrogen-bond donors (Lipinski definition) is 4. The Hall–Kier alpha value is -1.77. The summed E-state index contributed by atoms with van der Waals surface area (Å²) in [5, 5.41) is 2.91. The summed E-state index contributed by atoms with van der Waals surface area (Å²) >= 11 is 1.65. The molecule has 0 saturated carbocycles. The molecule has 0 aromatic heterocycles. The van der Waals surface area contributed by atoms with Gasteiger partial charge in [-0.05, 0) is 27.7 Å². The Bertz CT molecular complexity index is 623. The normalized spacial score (nSPS) is 20.6. The number of rotatable bonds is 8. The van der Waals surface area contributed by atoms with Crippen LogP contribution in [0.2, 0.25) is 0 Å². The van der Waals surface area contributed by atoms with E-state index in [1.54, 1.807) is 11.8 Å². The lowest BCUT2D eigenvalue weighted by atomic mass is 10.2. The second kappa shape index (κ2) is 9.62. The van der Waals surface area contributed by atoms with Gasteiger partial charge >= 0.3 is 0 Å². The highest BCUT2D eigenvalue weighted by molar-refractivity contribution is 8.93. The first-order valence-electron chi connectivity index (χ1n) is 8.36. The van der Waals surface area contributed by atoms with Crippen molar-refractivity contribution in [2.45, 2.75) is 39.0 Å². The van der Waals surface area contributed by atoms with E-state index in [-0.39, 0.29) is 40.8 Å². The van der Waals surface area contributed by atoms with Crippen LogP contribution in [0, 0.1) is 0 Å². The lowest BCUT2D eigenvalue weighted by Crippen LogP contribution is -2.54. The molecule has 0 aromatic carbocycles. The van der Waals surface area contributed by atoms with E-state index >= 15 is 0 Å². The third-order valence-corrected chi connectivity index (χ3v) is 4.45. The number of hydrogen-bond acceptors (Lipinski definition) is 13. The standard InChI is InChI=1S/C14H28N10O2S.BrH/c1-13(2)21-9(15)19-11(17)23(13)25-5-7-27-8-6-26-24-12(18)20-10(16)22-14(24,3)4;/h5-8H2,1-4H3,(H4,15,17,19,21)(H4,16,18,20,22);1H. The third kappa shape index (κ3) is 6.12. The molecule has 0 aromatic rings. The van der Waals surface area contributed by atoms with E-state index in [4.69, 9.17) is 32.6 Å². The minimum Gasteiger partial charge on any atom is -0.368 e. The summed E-state index contributed by atoms with van der Waals surface area (Å²) < 4.78 is 0. The minimum absolute atomic E-state index is 0. The van der Waals surface area contributed by atoms with Gasteiger partial charge < -0.3 is 22.9 Å². The van der Waals surface area contributed by atoms with E-state index in [0.717, 1.165) is 11.5 Å². The zero-order valence-electron chi connectivity index (χ0n) is 16.5. The third-order valence-electron chi connectivity index (χ3n) is 3.54. The predicted molar refractivity (Wildman–Crippen MR) is 118 cm³/mol. The number of thioether (sulfide) groups is 1. The van der Waals surface area contributed by atoms with Gasteiger partial charge in [0.05, 0.1) is 13.2 Å². The van der Waals surface area contributed by atoms with Gasteiger partial charge in [-0.3, -0.25) is 9.68 Å². The molecule has 0 aliphatic carbocycles. The predicted octanol–water partition coefficient (Wildman–Crippen LogP) is -0.477. The SMILES string of the molecule is Br.CC1(C)N=C(N)N=C(N)N1OCCSCCON1C(N)=NC(N)=NC1(C)C. The van der Waals surface area contributed by atoms with Crippen LogP contribution in [-0.4, -0.2) is 70.0 Å². The molecule has 8 N–H and O–H groups in total. The first kappa shape index (κ1) is 24.3. The number of halogens is 1. The maximum Gasteiger partial charge on any atom is 0.226 e. The molecule has 0 atom stereocenters. The molecule has 28 heavy (non-hydrogen) atoms. The summed E-state index contributed by atoms with van der Waals surface area (Å²) in [4.78, 5) is 27.6. The second-order valence-electron chi connectivity index (χ2n) is 6.74. The molecule has 160 valence electrons. The van der Waals surface area contributed by atoms with Gasteiger partial charge in [-0.15, -0.1) is 17.0 Å². The molecule has 2 rings (SSSR count). The topological polar surface area (TPSA) is 178 Å². The Labute approximate surface area is 179 Å². The Morgan fingerprint density at radius 1 is 0.786 bits per heavy atom. The molecule has 2 heterocycles. The van der Waals surface area contributed by atoms with E-state index in [0.29, 0.717) is 13.2 Å². The number of guanidine groups is 4. The molecule has 14 heteroatoms. The van der Waals surface area contributed by atoms with Gasteiger partial charge in [-0.25, -0.2) is 9.98 Å². The Morgan fingerprint density at radius 3 is 1.46 bits per heavy atom. The van der Waals surface area contributed by atoms with Crippen LogP contribution >= 0.6 is 28.7 Å². The smallest absolute Gasteiger partial charge is 0.226 e. The number of hydroxylamine groups is 4. The summed E-state index contributed by atoms with van der Waals surface area (Å²) in [5.74, 6) is 2.09. The van der Waals surface area contributed by atoms with Crippen LogP contribution in [0.3, 0.4) is 0 Å². The lowest BCUT2D eigenvalue weighted by molar-refractivity contribution is -0.152. The van der Waals surface area contributed by atoms with Gasteiger partial charge in [0.2, 0.25) is 23.8 Å². The van der Waals surface area contributed by atoms with Crippen molar-refractivity contribution in [3.05, 3.63) is 0 Å². The van der Waals surface area contributed by atoms with Crippen LogP contribution < -0.4 is 22.9 Å². The minimum atomic E-state index is -0.706. The van der Waals surface area contributed by atoms with Crippen molar-refractivity contribution in [2.24, 2.45) is 42.9 Å². The van der Waals surface area contributed by atoms with E-state index < -0.39 is 11.3 Å². The van der Waals surface area contributed by atoms with Gasteiger partial charge in [0, 0.05) is 11.5 Å². The Morgan fingerprint density at radius 2 is 1.14 bits per heavy atom. The molecular formula is C14H29BrN10O2S. The maximum absolute atomic E-state index is 5.85. The largest absolute Gasteiger partial charge is 0.368 e. The van der Waals surface area contributed by atoms with Crippen LogP contribution in [0.25, 0.3) is 0 Å². The first-order chi connectivity index (χ1) is 12.5. The number of aliphatic imine (C=N–C) groups is 4. The Kier molecular flexibility index (Phi) is 8.34. The lowest BCUT2D eigenvalue weighted by Gasteiger charge is -2.37. The highest BCUT2D eigenvalue weighted by Gasteiger charge is 2.34. The van der Waals surface area contributed by atoms with Crippen molar-refractivity contribution in [3.8, 4) is 0 Å². The summed E-state index contributed by atoms with van der Waals surface area (Å²) in [5.41, 5.74) is 21.5. The molecule has 0 saturated heterocycles. The van der Waals surface area contributed by atoms with E-state index in [1.807, 2.05) is 27.7 Å². The fourth-order valence-corrected chi connectivity index (χ4v) is 3.10. The molecule has 0 bridgehead atoms. The maximum atomic E-state index is 5.85. The average Bonchev–Trinajstić information content (AvgIpc) is 2.48. The van der Waals surface area contributed by atoms with Crippen molar-refractivity contribution in [2.75, 3.05) is 24.7 Å². The molecule has 12 nitrogen and oxygen atoms in total. The molecular weight excluding hydrogens is 452 g/mol. The average molecular weight is 481 g/mol. The van der Waals surface area contributed by atoms with E-state index in [2.05, 4.69) is 20.0 Å². The van der Waals surface area contributed by atoms with Crippen LogP contribution in [0.15, 0.2) is 20.0 Å². The summed E-state index contributed by atoms with van der Waals surface area (Å²) in [6.45, 7) is 8.21. The van der Waals surface area contributed by atoms with Gasteiger partial charge in [0.15, 0.2) is 11.3 Å². The molecule has 0 amide bonds. The van der Waals surface area contributed by atoms with Gasteiger partial charge in [0.25, 0.3) is 0 Å². The van der Waals surface area contributed by atoms with Crippen molar-refractivity contribution in [1.29, 1.82) is 0 Å². The van der Waals surface area contributed by atoms with E-state index in [1.165, 1.54) is 10.1 Å². The summed E-state index contributed by atoms with van der Waals surface area (Å²) in [7, 11) is 0. The van der Waals surface area contributed by atoms with Crippen LogP contribution in [0.5, 0.6) is 0 Å². The van der Waals surface area contributed by atoms with Crippen molar-refractivity contribution in [1.82, 2.24) is 10.1 Å². The van der Waals surface area contributed by atoms with Gasteiger partial charge in [-0.1, -0.05) is 0 Å². The van der Waals surface area contributed by atoms with Crippen LogP contribution in [0.1, 0.15) is 27.7 Å². The highest BCUT2D eigenvalue weighted by Crippen LogP contribution is 2.21. The quantitative estimate of drug-likeness (QED) is 0.333. The molecule has 0 spiro atoms. The monoisotopic (exact) mass is 480 g/mol. The van der Waals surface area contributed by atoms with Crippen LogP contribution in [0.4, 0.5) is 0 Å². The number of nitrogens with two attached hydrogens (primary N) is 4. The zero-order chi connectivity index (χ0) is 20.2.